The van der Waals surface area contributed by atoms with Crippen molar-refractivity contribution < 1.29 is 8.78 Å². The van der Waals surface area contributed by atoms with Crippen LogP contribution in [0.2, 0.25) is 0 Å². The van der Waals surface area contributed by atoms with Crippen molar-refractivity contribution in [1.82, 2.24) is 0 Å². The van der Waals surface area contributed by atoms with Crippen molar-refractivity contribution >= 4 is 21.6 Å². The molecule has 0 aliphatic rings. The Morgan fingerprint density at radius 3 is 2.26 bits per heavy atom. The third kappa shape index (κ3) is 3.53. The molecular formula is C15H14BrF2N. The van der Waals surface area contributed by atoms with Gasteiger partial charge in [-0.15, -0.1) is 0 Å². The monoisotopic (exact) mass is 325 g/mol. The van der Waals surface area contributed by atoms with E-state index in [2.05, 4.69) is 21.2 Å². The van der Waals surface area contributed by atoms with Crippen LogP contribution in [0.4, 0.5) is 14.5 Å². The first-order chi connectivity index (χ1) is 9.08. The fourth-order valence-corrected chi connectivity index (χ4v) is 2.27. The Kier molecular flexibility index (Phi) is 4.53. The number of hydrogen-bond acceptors (Lipinski definition) is 1. The summed E-state index contributed by atoms with van der Waals surface area (Å²) in [5, 5.41) is 2.84. The van der Waals surface area contributed by atoms with Crippen LogP contribution < -0.4 is 5.32 Å². The number of benzene rings is 2. The van der Waals surface area contributed by atoms with Crippen LogP contribution in [0.3, 0.4) is 0 Å². The van der Waals surface area contributed by atoms with Gasteiger partial charge in [0.2, 0.25) is 0 Å². The molecule has 19 heavy (non-hydrogen) atoms. The van der Waals surface area contributed by atoms with Gasteiger partial charge >= 0.3 is 0 Å². The fraction of sp³-hybridized carbons (Fsp3) is 0.200. The van der Waals surface area contributed by atoms with E-state index in [1.807, 2.05) is 37.3 Å². The molecule has 4 heteroatoms. The average molecular weight is 326 g/mol. The van der Waals surface area contributed by atoms with Crippen LogP contribution in [-0.4, -0.2) is 6.54 Å². The average Bonchev–Trinajstić information content (AvgIpc) is 2.38. The fourth-order valence-electron chi connectivity index (χ4n) is 1.87. The highest BCUT2D eigenvalue weighted by molar-refractivity contribution is 9.10. The van der Waals surface area contributed by atoms with Crippen molar-refractivity contribution in [2.45, 2.75) is 12.8 Å². The molecule has 1 unspecified atom stereocenters. The Morgan fingerprint density at radius 1 is 1.11 bits per heavy atom. The number of anilines is 1. The van der Waals surface area contributed by atoms with E-state index in [0.717, 1.165) is 5.56 Å². The van der Waals surface area contributed by atoms with Crippen molar-refractivity contribution in [3.63, 3.8) is 0 Å². The van der Waals surface area contributed by atoms with Crippen LogP contribution in [-0.2, 0) is 0 Å². The van der Waals surface area contributed by atoms with Crippen LogP contribution in [0, 0.1) is 11.6 Å². The van der Waals surface area contributed by atoms with E-state index in [1.54, 1.807) is 0 Å². The SMILES string of the molecule is CC(CNc1c(F)cc(Br)cc1F)c1ccccc1. The van der Waals surface area contributed by atoms with Crippen molar-refractivity contribution in [3.05, 3.63) is 64.1 Å². The van der Waals surface area contributed by atoms with E-state index in [-0.39, 0.29) is 11.6 Å². The molecule has 0 aliphatic heterocycles. The van der Waals surface area contributed by atoms with E-state index in [4.69, 9.17) is 0 Å². The van der Waals surface area contributed by atoms with Crippen LogP contribution in [0.5, 0.6) is 0 Å². The van der Waals surface area contributed by atoms with Gasteiger partial charge in [-0.1, -0.05) is 53.2 Å². The second-order valence-corrected chi connectivity index (χ2v) is 5.35. The van der Waals surface area contributed by atoms with Crippen molar-refractivity contribution in [2.75, 3.05) is 11.9 Å². The lowest BCUT2D eigenvalue weighted by Gasteiger charge is -2.15. The second-order valence-electron chi connectivity index (χ2n) is 4.44. The van der Waals surface area contributed by atoms with Crippen LogP contribution >= 0.6 is 15.9 Å². The van der Waals surface area contributed by atoms with E-state index >= 15 is 0 Å². The topological polar surface area (TPSA) is 12.0 Å². The summed E-state index contributed by atoms with van der Waals surface area (Å²) in [5.41, 5.74) is 1.05. The predicted molar refractivity (Wildman–Crippen MR) is 77.4 cm³/mol. The third-order valence-corrected chi connectivity index (χ3v) is 3.42. The molecule has 0 aliphatic carbocycles. The lowest BCUT2D eigenvalue weighted by atomic mass is 10.0. The highest BCUT2D eigenvalue weighted by atomic mass is 79.9. The minimum Gasteiger partial charge on any atom is -0.380 e. The third-order valence-electron chi connectivity index (χ3n) is 2.96. The molecule has 0 spiro atoms. The highest BCUT2D eigenvalue weighted by Gasteiger charge is 2.12. The molecule has 0 radical (unpaired) electrons. The molecule has 2 rings (SSSR count). The minimum atomic E-state index is -0.591. The maximum Gasteiger partial charge on any atom is 0.150 e. The zero-order valence-electron chi connectivity index (χ0n) is 10.5. The summed E-state index contributed by atoms with van der Waals surface area (Å²) in [5.74, 6) is -1.01. The maximum atomic E-state index is 13.6. The molecule has 0 saturated heterocycles. The Balaban J connectivity index is 2.07. The molecule has 0 fully saturated rings. The van der Waals surface area contributed by atoms with Gasteiger partial charge < -0.3 is 5.32 Å². The zero-order valence-corrected chi connectivity index (χ0v) is 12.0. The number of hydrogen-bond donors (Lipinski definition) is 1. The smallest absolute Gasteiger partial charge is 0.150 e. The van der Waals surface area contributed by atoms with E-state index in [9.17, 15) is 8.78 Å². The van der Waals surface area contributed by atoms with Crippen LogP contribution in [0.25, 0.3) is 0 Å². The Bertz CT molecular complexity index is 534. The molecule has 0 aromatic heterocycles. The lowest BCUT2D eigenvalue weighted by Crippen LogP contribution is -2.12. The van der Waals surface area contributed by atoms with E-state index < -0.39 is 11.6 Å². The van der Waals surface area contributed by atoms with Crippen molar-refractivity contribution in [1.29, 1.82) is 0 Å². The molecule has 1 atom stereocenters. The largest absolute Gasteiger partial charge is 0.380 e. The van der Waals surface area contributed by atoms with E-state index in [1.165, 1.54) is 12.1 Å². The summed E-state index contributed by atoms with van der Waals surface area (Å²) in [4.78, 5) is 0. The molecule has 0 heterocycles. The summed E-state index contributed by atoms with van der Waals surface area (Å²) in [6, 6.07) is 12.3. The van der Waals surface area contributed by atoms with Gasteiger partial charge in [-0.05, 0) is 23.6 Å². The number of nitrogens with one attached hydrogen (secondary N) is 1. The van der Waals surface area contributed by atoms with Gasteiger partial charge in [-0.2, -0.15) is 0 Å². The molecule has 0 amide bonds. The summed E-state index contributed by atoms with van der Waals surface area (Å²) >= 11 is 3.06. The van der Waals surface area contributed by atoms with Gasteiger partial charge in [0.05, 0.1) is 0 Å². The van der Waals surface area contributed by atoms with Gasteiger partial charge in [0, 0.05) is 11.0 Å². The number of halogens is 3. The summed E-state index contributed by atoms with van der Waals surface area (Å²) in [6.45, 7) is 2.48. The van der Waals surface area contributed by atoms with Gasteiger partial charge in [-0.3, -0.25) is 0 Å². The first kappa shape index (κ1) is 14.0. The Hall–Kier alpha value is -1.42. The molecule has 2 aromatic rings. The molecule has 2 aromatic carbocycles. The van der Waals surface area contributed by atoms with Gasteiger partial charge in [0.1, 0.15) is 17.3 Å². The normalized spacial score (nSPS) is 12.2. The Morgan fingerprint density at radius 2 is 1.68 bits per heavy atom. The minimum absolute atomic E-state index is 0.0778. The quantitative estimate of drug-likeness (QED) is 0.839. The predicted octanol–water partition coefficient (Wildman–Crippen LogP) is 4.94. The molecular weight excluding hydrogens is 312 g/mol. The molecule has 100 valence electrons. The van der Waals surface area contributed by atoms with Crippen molar-refractivity contribution in [2.24, 2.45) is 0 Å². The molecule has 1 nitrogen and oxygen atoms in total. The molecule has 0 bridgehead atoms. The van der Waals surface area contributed by atoms with Crippen molar-refractivity contribution in [3.8, 4) is 0 Å². The first-order valence-corrected chi connectivity index (χ1v) is 6.80. The standard InChI is InChI=1S/C15H14BrF2N/c1-10(11-5-3-2-4-6-11)9-19-15-13(17)7-12(16)8-14(15)18/h2-8,10,19H,9H2,1H3. The first-order valence-electron chi connectivity index (χ1n) is 6.01. The molecule has 0 saturated carbocycles. The maximum absolute atomic E-state index is 13.6. The summed E-state index contributed by atoms with van der Waals surface area (Å²) in [7, 11) is 0. The molecule has 1 N–H and O–H groups in total. The number of rotatable bonds is 4. The van der Waals surface area contributed by atoms with E-state index in [0.29, 0.717) is 11.0 Å². The van der Waals surface area contributed by atoms with Gasteiger partial charge in [0.25, 0.3) is 0 Å². The zero-order chi connectivity index (χ0) is 13.8. The van der Waals surface area contributed by atoms with Crippen LogP contribution in [0.1, 0.15) is 18.4 Å². The highest BCUT2D eigenvalue weighted by Crippen LogP contribution is 2.25. The van der Waals surface area contributed by atoms with Gasteiger partial charge in [0.15, 0.2) is 0 Å². The Labute approximate surface area is 119 Å². The summed E-state index contributed by atoms with van der Waals surface area (Å²) in [6.07, 6.45) is 0. The van der Waals surface area contributed by atoms with Gasteiger partial charge in [-0.25, -0.2) is 8.78 Å². The second kappa shape index (κ2) is 6.15. The van der Waals surface area contributed by atoms with Crippen LogP contribution in [0.15, 0.2) is 46.9 Å². The summed E-state index contributed by atoms with van der Waals surface area (Å²) < 4.78 is 27.7. The lowest BCUT2D eigenvalue weighted by molar-refractivity contribution is 0.585.